The minimum atomic E-state index is -0.104. The highest BCUT2D eigenvalue weighted by Gasteiger charge is 2.23. The second kappa shape index (κ2) is 5.95. The fourth-order valence-electron chi connectivity index (χ4n) is 2.76. The molecule has 0 atom stereocenters. The number of fused-ring (bicyclic) bond motifs is 1. The van der Waals surface area contributed by atoms with E-state index in [1.54, 1.807) is 6.07 Å². The van der Waals surface area contributed by atoms with Crippen LogP contribution >= 0.6 is 0 Å². The molecule has 0 saturated heterocycles. The molecule has 0 aliphatic heterocycles. The number of hydrogen-bond acceptors (Lipinski definition) is 3. The third-order valence-electron chi connectivity index (χ3n) is 3.73. The lowest BCUT2D eigenvalue weighted by molar-refractivity contribution is 0.0933. The Labute approximate surface area is 124 Å². The number of nitrogens with one attached hydrogen (secondary N) is 2. The van der Waals surface area contributed by atoms with E-state index >= 15 is 0 Å². The SMILES string of the molecule is CCNc1cccc(C(=O)NC2Cc3ccccc3C2)n1. The largest absolute Gasteiger partial charge is 0.370 e. The summed E-state index contributed by atoms with van der Waals surface area (Å²) in [5.41, 5.74) is 3.12. The van der Waals surface area contributed by atoms with Crippen LogP contribution < -0.4 is 10.6 Å². The van der Waals surface area contributed by atoms with Gasteiger partial charge in [-0.15, -0.1) is 0 Å². The number of benzene rings is 1. The molecule has 0 fully saturated rings. The quantitative estimate of drug-likeness (QED) is 0.905. The smallest absolute Gasteiger partial charge is 0.270 e. The second-order valence-electron chi connectivity index (χ2n) is 5.29. The van der Waals surface area contributed by atoms with Crippen LogP contribution in [0.4, 0.5) is 5.82 Å². The van der Waals surface area contributed by atoms with Crippen LogP contribution in [0, 0.1) is 0 Å². The molecule has 2 N–H and O–H groups in total. The van der Waals surface area contributed by atoms with Crippen LogP contribution in [0.1, 0.15) is 28.5 Å². The van der Waals surface area contributed by atoms with Gasteiger partial charge in [-0.2, -0.15) is 0 Å². The molecule has 1 aliphatic rings. The van der Waals surface area contributed by atoms with E-state index in [2.05, 4.69) is 27.8 Å². The Morgan fingerprint density at radius 2 is 1.86 bits per heavy atom. The van der Waals surface area contributed by atoms with E-state index in [4.69, 9.17) is 0 Å². The zero-order valence-corrected chi connectivity index (χ0v) is 12.1. The first-order chi connectivity index (χ1) is 10.3. The van der Waals surface area contributed by atoms with Crippen LogP contribution in [-0.2, 0) is 12.8 Å². The monoisotopic (exact) mass is 281 g/mol. The molecule has 3 rings (SSSR count). The van der Waals surface area contributed by atoms with Crippen LogP contribution in [0.3, 0.4) is 0 Å². The van der Waals surface area contributed by atoms with E-state index in [-0.39, 0.29) is 11.9 Å². The van der Waals surface area contributed by atoms with Gasteiger partial charge in [0, 0.05) is 12.6 Å². The predicted octanol–water partition coefficient (Wildman–Crippen LogP) is 2.41. The normalized spacial score (nSPS) is 13.8. The van der Waals surface area contributed by atoms with Crippen LogP contribution in [0.5, 0.6) is 0 Å². The van der Waals surface area contributed by atoms with Gasteiger partial charge in [-0.25, -0.2) is 4.98 Å². The van der Waals surface area contributed by atoms with Crippen molar-refractivity contribution in [3.63, 3.8) is 0 Å². The molecule has 1 aromatic heterocycles. The van der Waals surface area contributed by atoms with Crippen molar-refractivity contribution in [3.05, 3.63) is 59.3 Å². The summed E-state index contributed by atoms with van der Waals surface area (Å²) in [5, 5.41) is 6.20. The number of aromatic nitrogens is 1. The third kappa shape index (κ3) is 3.05. The Morgan fingerprint density at radius 1 is 1.14 bits per heavy atom. The first-order valence-corrected chi connectivity index (χ1v) is 7.35. The van der Waals surface area contributed by atoms with Gasteiger partial charge in [0.15, 0.2) is 0 Å². The van der Waals surface area contributed by atoms with Crippen LogP contribution in [-0.4, -0.2) is 23.5 Å². The van der Waals surface area contributed by atoms with Crippen LogP contribution in [0.2, 0.25) is 0 Å². The number of carbonyl (C=O) groups excluding carboxylic acids is 1. The average Bonchev–Trinajstić information content (AvgIpc) is 2.90. The number of pyridine rings is 1. The third-order valence-corrected chi connectivity index (χ3v) is 3.73. The molecule has 1 amide bonds. The lowest BCUT2D eigenvalue weighted by atomic mass is 10.1. The molecule has 1 heterocycles. The fraction of sp³-hybridized carbons (Fsp3) is 0.294. The molecule has 2 aromatic rings. The summed E-state index contributed by atoms with van der Waals surface area (Å²) in [7, 11) is 0. The van der Waals surface area contributed by atoms with Gasteiger partial charge in [0.2, 0.25) is 0 Å². The molecule has 0 spiro atoms. The Kier molecular flexibility index (Phi) is 3.86. The standard InChI is InChI=1S/C17H19N3O/c1-2-18-16-9-5-8-15(20-16)17(21)19-14-10-12-6-3-4-7-13(12)11-14/h3-9,14H,2,10-11H2,1H3,(H,18,20)(H,19,21). The Hall–Kier alpha value is -2.36. The summed E-state index contributed by atoms with van der Waals surface area (Å²) in [4.78, 5) is 16.6. The van der Waals surface area contributed by atoms with Gasteiger partial charge in [0.25, 0.3) is 5.91 Å². The summed E-state index contributed by atoms with van der Waals surface area (Å²) in [5.74, 6) is 0.632. The molecular formula is C17H19N3O. The summed E-state index contributed by atoms with van der Waals surface area (Å²) < 4.78 is 0. The van der Waals surface area contributed by atoms with Crippen molar-refractivity contribution in [2.45, 2.75) is 25.8 Å². The number of amides is 1. The summed E-state index contributed by atoms with van der Waals surface area (Å²) in [6.07, 6.45) is 1.80. The van der Waals surface area contributed by atoms with Crippen LogP contribution in [0.25, 0.3) is 0 Å². The second-order valence-corrected chi connectivity index (χ2v) is 5.29. The minimum Gasteiger partial charge on any atom is -0.370 e. The highest BCUT2D eigenvalue weighted by atomic mass is 16.1. The maximum Gasteiger partial charge on any atom is 0.270 e. The molecule has 21 heavy (non-hydrogen) atoms. The predicted molar refractivity (Wildman–Crippen MR) is 83.5 cm³/mol. The Balaban J connectivity index is 1.66. The van der Waals surface area contributed by atoms with Crippen molar-refractivity contribution in [2.24, 2.45) is 0 Å². The van der Waals surface area contributed by atoms with Gasteiger partial charge in [-0.05, 0) is 43.0 Å². The molecule has 1 aliphatic carbocycles. The van der Waals surface area contributed by atoms with Crippen molar-refractivity contribution in [1.29, 1.82) is 0 Å². The molecule has 4 nitrogen and oxygen atoms in total. The Bertz CT molecular complexity index is 629. The van der Waals surface area contributed by atoms with Gasteiger partial charge < -0.3 is 10.6 Å². The van der Waals surface area contributed by atoms with E-state index in [1.165, 1.54) is 11.1 Å². The van der Waals surface area contributed by atoms with E-state index in [0.29, 0.717) is 5.69 Å². The highest BCUT2D eigenvalue weighted by Crippen LogP contribution is 2.21. The van der Waals surface area contributed by atoms with Crippen molar-refractivity contribution >= 4 is 11.7 Å². The molecule has 108 valence electrons. The van der Waals surface area contributed by atoms with Gasteiger partial charge >= 0.3 is 0 Å². The number of rotatable bonds is 4. The van der Waals surface area contributed by atoms with Gasteiger partial charge in [0.05, 0.1) is 0 Å². The van der Waals surface area contributed by atoms with Crippen LogP contribution in [0.15, 0.2) is 42.5 Å². The van der Waals surface area contributed by atoms with Crippen molar-refractivity contribution in [2.75, 3.05) is 11.9 Å². The minimum absolute atomic E-state index is 0.104. The van der Waals surface area contributed by atoms with E-state index in [0.717, 1.165) is 25.2 Å². The van der Waals surface area contributed by atoms with Gasteiger partial charge in [0.1, 0.15) is 11.5 Å². The van der Waals surface area contributed by atoms with E-state index < -0.39 is 0 Å². The lowest BCUT2D eigenvalue weighted by Crippen LogP contribution is -2.35. The topological polar surface area (TPSA) is 54.0 Å². The summed E-state index contributed by atoms with van der Waals surface area (Å²) >= 11 is 0. The molecule has 0 unspecified atom stereocenters. The molecule has 0 saturated carbocycles. The van der Waals surface area contributed by atoms with E-state index in [9.17, 15) is 4.79 Å². The zero-order chi connectivity index (χ0) is 14.7. The van der Waals surface area contributed by atoms with Crippen molar-refractivity contribution < 1.29 is 4.79 Å². The van der Waals surface area contributed by atoms with Crippen molar-refractivity contribution in [1.82, 2.24) is 10.3 Å². The molecule has 0 bridgehead atoms. The zero-order valence-electron chi connectivity index (χ0n) is 12.1. The fourth-order valence-corrected chi connectivity index (χ4v) is 2.76. The number of anilines is 1. The maximum absolute atomic E-state index is 12.3. The van der Waals surface area contributed by atoms with Gasteiger partial charge in [-0.1, -0.05) is 30.3 Å². The molecule has 0 radical (unpaired) electrons. The van der Waals surface area contributed by atoms with Crippen molar-refractivity contribution in [3.8, 4) is 0 Å². The first-order valence-electron chi connectivity index (χ1n) is 7.35. The van der Waals surface area contributed by atoms with E-state index in [1.807, 2.05) is 31.2 Å². The maximum atomic E-state index is 12.3. The number of carbonyl (C=O) groups is 1. The summed E-state index contributed by atoms with van der Waals surface area (Å²) in [6.45, 7) is 2.79. The molecular weight excluding hydrogens is 262 g/mol. The Morgan fingerprint density at radius 3 is 2.52 bits per heavy atom. The average molecular weight is 281 g/mol. The highest BCUT2D eigenvalue weighted by molar-refractivity contribution is 5.92. The van der Waals surface area contributed by atoms with Gasteiger partial charge in [-0.3, -0.25) is 4.79 Å². The lowest BCUT2D eigenvalue weighted by Gasteiger charge is -2.12. The molecule has 1 aromatic carbocycles. The first kappa shape index (κ1) is 13.6. The summed E-state index contributed by atoms with van der Waals surface area (Å²) in [6, 6.07) is 14.0. The number of hydrogen-bond donors (Lipinski definition) is 2. The number of nitrogens with zero attached hydrogens (tertiary/aromatic N) is 1. The molecule has 4 heteroatoms.